The number of nitrogens with zero attached hydrogens (tertiary/aromatic N) is 5. The topological polar surface area (TPSA) is 155 Å². The molecule has 16 heteroatoms. The highest BCUT2D eigenvalue weighted by atomic mass is 32.2. The van der Waals surface area contributed by atoms with Gasteiger partial charge >= 0.3 is 0 Å². The van der Waals surface area contributed by atoms with E-state index in [0.717, 1.165) is 17.1 Å². The molecule has 3 aromatic rings. The number of hydrogen-bond donors (Lipinski definition) is 0. The average Bonchev–Trinajstić information content (AvgIpc) is 3.36. The zero-order valence-corrected chi connectivity index (χ0v) is 41.8. The van der Waals surface area contributed by atoms with Gasteiger partial charge in [-0.2, -0.15) is 0 Å². The third-order valence-electron chi connectivity index (χ3n) is 10.2. The zero-order chi connectivity index (χ0) is 48.2. The molecule has 0 aliphatic rings. The fourth-order valence-corrected chi connectivity index (χ4v) is 7.51. The molecule has 15 nitrogen and oxygen atoms in total. The number of rotatable bonds is 45. The van der Waals surface area contributed by atoms with Gasteiger partial charge in [-0.1, -0.05) is 101 Å². The molecule has 2 aromatic carbocycles. The van der Waals surface area contributed by atoms with Crippen LogP contribution in [0.4, 0.5) is 0 Å². The highest BCUT2D eigenvalue weighted by molar-refractivity contribution is 7.99. The molecule has 0 bridgehead atoms. The van der Waals surface area contributed by atoms with Gasteiger partial charge in [0.2, 0.25) is 11.7 Å². The predicted octanol–water partition coefficient (Wildman–Crippen LogP) is 8.33. The largest absolute Gasteiger partial charge is 0.491 e. The van der Waals surface area contributed by atoms with E-state index in [4.69, 9.17) is 49.1 Å². The molecule has 3 rings (SSSR count). The summed E-state index contributed by atoms with van der Waals surface area (Å²) in [5, 5.41) is 15.9. The normalized spacial score (nSPS) is 11.4. The molecule has 1 heterocycles. The van der Waals surface area contributed by atoms with Gasteiger partial charge in [-0.15, -0.1) is 38.6 Å². The number of terminal acetylenes is 1. The van der Waals surface area contributed by atoms with Gasteiger partial charge in [-0.25, -0.2) is 0 Å². The summed E-state index contributed by atoms with van der Waals surface area (Å²) in [5.41, 5.74) is 1.99. The Balaban J connectivity index is 1.03. The highest BCUT2D eigenvalue weighted by Crippen LogP contribution is 2.25. The van der Waals surface area contributed by atoms with Crippen LogP contribution in [0, 0.1) is 19.3 Å². The van der Waals surface area contributed by atoms with E-state index in [2.05, 4.69) is 63.6 Å². The van der Waals surface area contributed by atoms with Gasteiger partial charge in [0.25, 0.3) is 0 Å². The molecule has 1 amide bonds. The number of ether oxygens (including phenoxy) is 9. The number of thioether (sulfide) groups is 1. The van der Waals surface area contributed by atoms with Crippen molar-refractivity contribution in [3.8, 4) is 29.5 Å². The maximum atomic E-state index is 12.9. The number of carbonyl (C=O) groups is 1. The Bertz CT molecular complexity index is 1730. The van der Waals surface area contributed by atoms with Crippen molar-refractivity contribution in [1.82, 2.24) is 25.3 Å². The average molecular weight is 966 g/mol. The molecule has 0 fully saturated rings. The van der Waals surface area contributed by atoms with E-state index in [1.165, 1.54) is 74.7 Å². The second kappa shape index (κ2) is 41.9. The Morgan fingerprint density at radius 3 is 1.59 bits per heavy atom. The quantitative estimate of drug-likeness (QED) is 0.0303. The monoisotopic (exact) mass is 966 g/mol. The van der Waals surface area contributed by atoms with Crippen LogP contribution in [0.25, 0.3) is 17.5 Å². The van der Waals surface area contributed by atoms with E-state index < -0.39 is 0 Å². The molecule has 0 saturated carbocycles. The Kier molecular flexibility index (Phi) is 35.9. The van der Waals surface area contributed by atoms with Crippen LogP contribution in [0.3, 0.4) is 0 Å². The number of carbonyl (C=O) groups excluding carboxylic acids is 1. The van der Waals surface area contributed by atoms with Crippen molar-refractivity contribution in [1.29, 1.82) is 0 Å². The minimum Gasteiger partial charge on any atom is -0.491 e. The van der Waals surface area contributed by atoms with E-state index in [1.54, 1.807) is 11.8 Å². The number of benzene rings is 2. The van der Waals surface area contributed by atoms with Crippen molar-refractivity contribution in [2.75, 3.05) is 131 Å². The maximum Gasteiger partial charge on any atom is 0.225 e. The van der Waals surface area contributed by atoms with E-state index in [0.29, 0.717) is 131 Å². The minimum absolute atomic E-state index is 0.0317. The van der Waals surface area contributed by atoms with Crippen molar-refractivity contribution in [2.24, 2.45) is 0 Å². The van der Waals surface area contributed by atoms with Gasteiger partial charge in [-0.3, -0.25) is 4.79 Å². The Morgan fingerprint density at radius 1 is 0.603 bits per heavy atom. The lowest BCUT2D eigenvalue weighted by atomic mass is 10.1. The van der Waals surface area contributed by atoms with Crippen LogP contribution in [0.15, 0.2) is 59.5 Å². The van der Waals surface area contributed by atoms with E-state index in [1.807, 2.05) is 42.1 Å². The van der Waals surface area contributed by atoms with Gasteiger partial charge in [0, 0.05) is 17.0 Å². The first-order valence-electron chi connectivity index (χ1n) is 24.6. The molecular weight excluding hydrogens is 887 g/mol. The highest BCUT2D eigenvalue weighted by Gasteiger charge is 2.11. The Hall–Kier alpha value is -4.02. The maximum absolute atomic E-state index is 12.9. The molecule has 68 heavy (non-hydrogen) atoms. The fourth-order valence-electron chi connectivity index (χ4n) is 6.47. The lowest BCUT2D eigenvalue weighted by Crippen LogP contribution is -2.32. The Morgan fingerprint density at radius 2 is 1.07 bits per heavy atom. The van der Waals surface area contributed by atoms with Crippen molar-refractivity contribution in [2.45, 2.75) is 89.4 Å². The molecule has 0 unspecified atom stereocenters. The predicted molar refractivity (Wildman–Crippen MR) is 268 cm³/mol. The fraction of sp³-hybridized carbons (Fsp3) is 0.635. The number of unbranched alkanes of at least 4 members (excludes halogenated alkanes) is 9. The molecule has 0 spiro atoms. The zero-order valence-electron chi connectivity index (χ0n) is 41.0. The van der Waals surface area contributed by atoms with Crippen molar-refractivity contribution in [3.05, 3.63) is 66.0 Å². The third kappa shape index (κ3) is 30.5. The van der Waals surface area contributed by atoms with Crippen LogP contribution < -0.4 is 4.74 Å². The number of amides is 1. The van der Waals surface area contributed by atoms with Crippen molar-refractivity contribution >= 4 is 23.7 Å². The molecule has 0 saturated heterocycles. The minimum atomic E-state index is -0.0317. The molecule has 378 valence electrons. The second-order valence-electron chi connectivity index (χ2n) is 15.7. The second-order valence-corrected chi connectivity index (χ2v) is 16.9. The lowest BCUT2D eigenvalue weighted by molar-refractivity contribution is -0.131. The van der Waals surface area contributed by atoms with Crippen molar-refractivity contribution < 1.29 is 47.4 Å². The van der Waals surface area contributed by atoms with Crippen LogP contribution in [-0.2, 0) is 42.7 Å². The third-order valence-corrected chi connectivity index (χ3v) is 11.4. The molecule has 0 aliphatic heterocycles. The van der Waals surface area contributed by atoms with Gasteiger partial charge in [0.1, 0.15) is 12.4 Å². The van der Waals surface area contributed by atoms with Gasteiger partial charge < -0.3 is 47.5 Å². The molecule has 0 aliphatic carbocycles. The summed E-state index contributed by atoms with van der Waals surface area (Å²) in [6, 6.07) is 15.9. The summed E-state index contributed by atoms with van der Waals surface area (Å²) in [7, 11) is 0. The number of aromatic nitrogens is 4. The van der Waals surface area contributed by atoms with Crippen molar-refractivity contribution in [3.63, 3.8) is 0 Å². The van der Waals surface area contributed by atoms with E-state index in [-0.39, 0.29) is 18.9 Å². The summed E-state index contributed by atoms with van der Waals surface area (Å²) in [6.07, 6.45) is 23.4. The summed E-state index contributed by atoms with van der Waals surface area (Å²) in [5.74, 6) is 5.43. The Labute approximate surface area is 411 Å². The molecular formula is C52H79N5O10S. The summed E-state index contributed by atoms with van der Waals surface area (Å²) < 4.78 is 50.2. The molecule has 0 atom stereocenters. The van der Waals surface area contributed by atoms with E-state index >= 15 is 0 Å². The summed E-state index contributed by atoms with van der Waals surface area (Å²) >= 11 is 1.91. The van der Waals surface area contributed by atoms with Crippen LogP contribution in [0.2, 0.25) is 0 Å². The molecule has 0 N–H and O–H groups in total. The number of hydrogen-bond acceptors (Lipinski definition) is 15. The van der Waals surface area contributed by atoms with Gasteiger partial charge in [0.15, 0.2) is 5.82 Å². The summed E-state index contributed by atoms with van der Waals surface area (Å²) in [4.78, 5) is 15.8. The SMILES string of the molecule is C#CCN(C/C=C/c1ccccc1SCCCCCCCCCCCC)C(=O)CCOCCOCCOCCOCCOCCOCCOCCOCCOc1ccc(-c2nnc(C)nn2)cc1. The first-order valence-corrected chi connectivity index (χ1v) is 25.6. The summed E-state index contributed by atoms with van der Waals surface area (Å²) in [6.45, 7) is 12.4. The van der Waals surface area contributed by atoms with Gasteiger partial charge in [0.05, 0.1) is 119 Å². The van der Waals surface area contributed by atoms with Gasteiger partial charge in [-0.05, 0) is 55.0 Å². The number of aryl methyl sites for hydroxylation is 1. The first kappa shape index (κ1) is 58.3. The van der Waals surface area contributed by atoms with Crippen LogP contribution in [-0.4, -0.2) is 162 Å². The molecule has 1 aromatic heterocycles. The standard InChI is InChI=1S/C52H79N5O10S/c1-4-6-7-8-9-10-11-12-13-16-45-68-50-20-15-14-18-47(50)19-17-27-57(26-5-2)51(58)25-28-59-29-30-60-31-32-61-33-34-62-35-36-63-37-38-64-39-40-65-41-42-66-43-44-67-49-23-21-48(22-24-49)52-55-53-46(3)54-56-52/h2,14-15,17-24H,4,6-13,16,25-45H2,1,3H3/b19-17+. The lowest BCUT2D eigenvalue weighted by Gasteiger charge is -2.18. The first-order chi connectivity index (χ1) is 33.6. The van der Waals surface area contributed by atoms with Crippen LogP contribution in [0.1, 0.15) is 88.9 Å². The van der Waals surface area contributed by atoms with Crippen LogP contribution >= 0.6 is 11.8 Å². The van der Waals surface area contributed by atoms with E-state index in [9.17, 15) is 4.79 Å². The molecule has 0 radical (unpaired) electrons. The smallest absolute Gasteiger partial charge is 0.225 e. The van der Waals surface area contributed by atoms with Crippen LogP contribution in [0.5, 0.6) is 5.75 Å².